The van der Waals surface area contributed by atoms with Crippen LogP contribution in [0.4, 0.5) is 0 Å². The third-order valence-electron chi connectivity index (χ3n) is 2.65. The van der Waals surface area contributed by atoms with Gasteiger partial charge in [0.2, 0.25) is 0 Å². The molecule has 0 amide bonds. The minimum absolute atomic E-state index is 0.175. The van der Waals surface area contributed by atoms with E-state index in [2.05, 4.69) is 0 Å². The minimum atomic E-state index is -0.918. The average Bonchev–Trinajstić information content (AvgIpc) is 3.01. The van der Waals surface area contributed by atoms with Gasteiger partial charge in [-0.1, -0.05) is 23.2 Å². The Hall–Kier alpha value is -1.06. The molecule has 16 heavy (non-hydrogen) atoms. The summed E-state index contributed by atoms with van der Waals surface area (Å²) in [6.07, 6.45) is 0.411. The summed E-state index contributed by atoms with van der Waals surface area (Å²) in [5, 5.41) is 9.40. The van der Waals surface area contributed by atoms with E-state index in [1.165, 1.54) is 12.1 Å². The molecule has 1 aromatic rings. The molecule has 3 nitrogen and oxygen atoms in total. The Kier molecular flexibility index (Phi) is 2.91. The highest BCUT2D eigenvalue weighted by Gasteiger charge is 2.48. The maximum Gasteiger partial charge on any atom is 0.307 e. The van der Waals surface area contributed by atoms with Crippen LogP contribution in [-0.2, 0) is 4.79 Å². The smallest absolute Gasteiger partial charge is 0.307 e. The molecule has 0 aliphatic heterocycles. The van der Waals surface area contributed by atoms with Crippen molar-refractivity contribution in [2.24, 2.45) is 11.8 Å². The molecule has 0 spiro atoms. The van der Waals surface area contributed by atoms with Crippen molar-refractivity contribution < 1.29 is 14.7 Å². The van der Waals surface area contributed by atoms with Crippen molar-refractivity contribution in [2.75, 3.05) is 0 Å². The van der Waals surface area contributed by atoms with Gasteiger partial charge in [-0.15, -0.1) is 0 Å². The van der Waals surface area contributed by atoms with E-state index in [0.717, 1.165) is 0 Å². The fourth-order valence-electron chi connectivity index (χ4n) is 1.62. The molecule has 1 N–H and O–H groups in total. The lowest BCUT2D eigenvalue weighted by atomic mass is 10.1. The van der Waals surface area contributed by atoms with Crippen molar-refractivity contribution in [2.45, 2.75) is 6.42 Å². The Morgan fingerprint density at radius 1 is 1.19 bits per heavy atom. The summed E-state index contributed by atoms with van der Waals surface area (Å²) in [5.74, 6) is -2.04. The van der Waals surface area contributed by atoms with E-state index >= 15 is 0 Å². The van der Waals surface area contributed by atoms with Crippen LogP contribution in [0.5, 0.6) is 0 Å². The van der Waals surface area contributed by atoms with Crippen LogP contribution in [0.15, 0.2) is 18.2 Å². The summed E-state index contributed by atoms with van der Waals surface area (Å²) in [5.41, 5.74) is 0.420. The van der Waals surface area contributed by atoms with Crippen molar-refractivity contribution >= 4 is 35.0 Å². The van der Waals surface area contributed by atoms with Gasteiger partial charge in [0.05, 0.1) is 16.0 Å². The molecule has 0 saturated heterocycles. The largest absolute Gasteiger partial charge is 0.481 e. The molecule has 0 aromatic heterocycles. The number of Topliss-reactive ketones (excluding diaryl/α,β-unsaturated/α-hetero) is 1. The fourth-order valence-corrected chi connectivity index (χ4v) is 1.92. The maximum absolute atomic E-state index is 11.8. The SMILES string of the molecule is O=C(O)C1C[C@@H]1C(=O)c1ccc(Cl)c(Cl)c1. The number of carbonyl (C=O) groups excluding carboxylic acids is 1. The van der Waals surface area contributed by atoms with E-state index in [1.54, 1.807) is 6.07 Å². The second-order valence-electron chi connectivity index (χ2n) is 3.78. The van der Waals surface area contributed by atoms with E-state index < -0.39 is 17.8 Å². The molecular formula is C11H8Cl2O3. The quantitative estimate of drug-likeness (QED) is 0.849. The van der Waals surface area contributed by atoms with E-state index in [9.17, 15) is 9.59 Å². The van der Waals surface area contributed by atoms with E-state index in [4.69, 9.17) is 28.3 Å². The van der Waals surface area contributed by atoms with Crippen molar-refractivity contribution in [3.8, 4) is 0 Å². The van der Waals surface area contributed by atoms with Crippen molar-refractivity contribution in [1.29, 1.82) is 0 Å². The first-order valence-electron chi connectivity index (χ1n) is 4.73. The van der Waals surface area contributed by atoms with Crippen LogP contribution in [-0.4, -0.2) is 16.9 Å². The number of halogens is 2. The number of benzene rings is 1. The van der Waals surface area contributed by atoms with Gasteiger partial charge in [0.25, 0.3) is 0 Å². The topological polar surface area (TPSA) is 54.4 Å². The van der Waals surface area contributed by atoms with Gasteiger partial charge in [-0.25, -0.2) is 0 Å². The zero-order chi connectivity index (χ0) is 11.9. The highest BCUT2D eigenvalue weighted by Crippen LogP contribution is 2.41. The van der Waals surface area contributed by atoms with Crippen molar-refractivity contribution in [3.63, 3.8) is 0 Å². The van der Waals surface area contributed by atoms with Gasteiger partial charge in [0.1, 0.15) is 0 Å². The lowest BCUT2D eigenvalue weighted by Crippen LogP contribution is -2.08. The zero-order valence-corrected chi connectivity index (χ0v) is 9.63. The van der Waals surface area contributed by atoms with Crippen molar-refractivity contribution in [1.82, 2.24) is 0 Å². The molecule has 1 aliphatic carbocycles. The Bertz CT molecular complexity index is 470. The number of carboxylic acids is 1. The van der Waals surface area contributed by atoms with Gasteiger partial charge in [-0.3, -0.25) is 9.59 Å². The number of aliphatic carboxylic acids is 1. The summed E-state index contributed by atoms with van der Waals surface area (Å²) in [7, 11) is 0. The zero-order valence-electron chi connectivity index (χ0n) is 8.11. The summed E-state index contributed by atoms with van der Waals surface area (Å²) in [4.78, 5) is 22.4. The number of ketones is 1. The van der Waals surface area contributed by atoms with Gasteiger partial charge >= 0.3 is 5.97 Å². The predicted molar refractivity (Wildman–Crippen MR) is 60.0 cm³/mol. The van der Waals surface area contributed by atoms with Crippen LogP contribution in [0.1, 0.15) is 16.8 Å². The molecule has 1 aromatic carbocycles. The van der Waals surface area contributed by atoms with E-state index in [-0.39, 0.29) is 5.78 Å². The molecule has 0 radical (unpaired) electrons. The number of carboxylic acid groups (broad SMARTS) is 1. The summed E-state index contributed by atoms with van der Waals surface area (Å²) in [6, 6.07) is 4.58. The molecule has 5 heteroatoms. The second-order valence-corrected chi connectivity index (χ2v) is 4.59. The normalized spacial score (nSPS) is 22.9. The van der Waals surface area contributed by atoms with E-state index in [1.807, 2.05) is 0 Å². The molecule has 2 atom stereocenters. The second kappa shape index (κ2) is 4.07. The third-order valence-corrected chi connectivity index (χ3v) is 3.39. The standard InChI is InChI=1S/C11H8Cl2O3/c12-8-2-1-5(3-9(8)13)10(14)6-4-7(6)11(15)16/h1-3,6-7H,4H2,(H,15,16)/t6-,7?/m0/s1. The average molecular weight is 259 g/mol. The van der Waals surface area contributed by atoms with Crippen molar-refractivity contribution in [3.05, 3.63) is 33.8 Å². The molecule has 0 bridgehead atoms. The lowest BCUT2D eigenvalue weighted by Gasteiger charge is -2.01. The van der Waals surface area contributed by atoms with Gasteiger partial charge in [-0.2, -0.15) is 0 Å². The summed E-state index contributed by atoms with van der Waals surface area (Å²) < 4.78 is 0. The van der Waals surface area contributed by atoms with E-state index in [0.29, 0.717) is 22.0 Å². The number of hydrogen-bond donors (Lipinski definition) is 1. The Balaban J connectivity index is 2.17. The Morgan fingerprint density at radius 2 is 1.88 bits per heavy atom. The van der Waals surface area contributed by atoms with Crippen LogP contribution in [0.2, 0.25) is 10.0 Å². The van der Waals surface area contributed by atoms with Gasteiger partial charge < -0.3 is 5.11 Å². The third kappa shape index (κ3) is 2.06. The van der Waals surface area contributed by atoms with Crippen LogP contribution < -0.4 is 0 Å². The highest BCUT2D eigenvalue weighted by molar-refractivity contribution is 6.42. The Labute approximate surface area is 102 Å². The molecule has 2 rings (SSSR count). The maximum atomic E-state index is 11.8. The van der Waals surface area contributed by atoms with Crippen LogP contribution in [0.25, 0.3) is 0 Å². The number of hydrogen-bond acceptors (Lipinski definition) is 2. The minimum Gasteiger partial charge on any atom is -0.481 e. The summed E-state index contributed by atoms with van der Waals surface area (Å²) in [6.45, 7) is 0. The molecule has 0 heterocycles. The first-order chi connectivity index (χ1) is 7.50. The monoisotopic (exact) mass is 258 g/mol. The molecule has 1 saturated carbocycles. The fraction of sp³-hybridized carbons (Fsp3) is 0.273. The predicted octanol–water partition coefficient (Wildman–Crippen LogP) is 2.90. The molecule has 1 aliphatic rings. The van der Waals surface area contributed by atoms with Crippen LogP contribution in [0.3, 0.4) is 0 Å². The lowest BCUT2D eigenvalue weighted by molar-refractivity contribution is -0.138. The first kappa shape index (κ1) is 11.4. The molecule has 1 unspecified atom stereocenters. The van der Waals surface area contributed by atoms with Gasteiger partial charge in [0, 0.05) is 11.5 Å². The highest BCUT2D eigenvalue weighted by atomic mass is 35.5. The van der Waals surface area contributed by atoms with Gasteiger partial charge in [0.15, 0.2) is 5.78 Å². The summed E-state index contributed by atoms with van der Waals surface area (Å²) >= 11 is 11.5. The number of rotatable bonds is 3. The molecular weight excluding hydrogens is 251 g/mol. The van der Waals surface area contributed by atoms with Gasteiger partial charge in [-0.05, 0) is 24.6 Å². The molecule has 84 valence electrons. The number of carbonyl (C=O) groups is 2. The van der Waals surface area contributed by atoms with Crippen LogP contribution >= 0.6 is 23.2 Å². The van der Waals surface area contributed by atoms with Crippen LogP contribution in [0, 0.1) is 11.8 Å². The Morgan fingerprint density at radius 3 is 2.38 bits per heavy atom. The molecule has 1 fully saturated rings. The first-order valence-corrected chi connectivity index (χ1v) is 5.48.